The van der Waals surface area contributed by atoms with Crippen molar-refractivity contribution in [3.63, 3.8) is 0 Å². The molecule has 0 fully saturated rings. The number of carbonyl (C=O) groups is 1. The maximum Gasteiger partial charge on any atom is 0.275 e. The van der Waals surface area contributed by atoms with E-state index >= 15 is 0 Å². The minimum Gasteiger partial charge on any atom is -0.487 e. The summed E-state index contributed by atoms with van der Waals surface area (Å²) in [6.07, 6.45) is 1.77. The predicted octanol–water partition coefficient (Wildman–Crippen LogP) is 3.66. The van der Waals surface area contributed by atoms with Gasteiger partial charge in [-0.25, -0.2) is 4.98 Å². The molecule has 2 aromatic carbocycles. The Balaban J connectivity index is 1.22. The number of nitrogens with one attached hydrogen (secondary N) is 1. The van der Waals surface area contributed by atoms with Crippen LogP contribution in [0.25, 0.3) is 4.96 Å². The number of anilines is 1. The van der Waals surface area contributed by atoms with Crippen molar-refractivity contribution >= 4 is 27.9 Å². The molecule has 4 aromatic rings. The summed E-state index contributed by atoms with van der Waals surface area (Å²) in [5.41, 5.74) is 1.40. The standard InChI is InChI=1S/C23H20N4O5S/c1-2-3-20-26-27-21(28)11-16(25-23(27)33-20)12-30-17-7-5-15(6-8-17)24-22(29)14-4-9-18-19(10-14)32-13-31-18/h4-11H,2-3,12-13H2,1H3,(H,24,29). The van der Waals surface area contributed by atoms with Crippen LogP contribution in [0.1, 0.15) is 34.4 Å². The van der Waals surface area contributed by atoms with Crippen molar-refractivity contribution in [2.24, 2.45) is 0 Å². The summed E-state index contributed by atoms with van der Waals surface area (Å²) in [6, 6.07) is 13.4. The van der Waals surface area contributed by atoms with Gasteiger partial charge in [-0.1, -0.05) is 18.3 Å². The molecule has 1 amide bonds. The number of ether oxygens (including phenoxy) is 3. The lowest BCUT2D eigenvalue weighted by Gasteiger charge is -2.08. The minimum absolute atomic E-state index is 0.148. The van der Waals surface area contributed by atoms with Gasteiger partial charge in [0.15, 0.2) is 11.5 Å². The van der Waals surface area contributed by atoms with Crippen LogP contribution in [0.4, 0.5) is 5.69 Å². The largest absolute Gasteiger partial charge is 0.487 e. The highest BCUT2D eigenvalue weighted by atomic mass is 32.1. The van der Waals surface area contributed by atoms with Crippen LogP contribution in [-0.4, -0.2) is 27.3 Å². The van der Waals surface area contributed by atoms with Crippen molar-refractivity contribution in [3.05, 3.63) is 75.1 Å². The lowest BCUT2D eigenvalue weighted by atomic mass is 10.2. The van der Waals surface area contributed by atoms with E-state index in [0.717, 1.165) is 17.8 Å². The molecule has 168 valence electrons. The average molecular weight is 465 g/mol. The van der Waals surface area contributed by atoms with Gasteiger partial charge in [-0.05, 0) is 48.9 Å². The van der Waals surface area contributed by atoms with E-state index in [-0.39, 0.29) is 24.9 Å². The Kier molecular flexibility index (Phi) is 5.66. The molecule has 0 radical (unpaired) electrons. The number of aromatic nitrogens is 3. The van der Waals surface area contributed by atoms with Gasteiger partial charge in [-0.15, -0.1) is 0 Å². The smallest absolute Gasteiger partial charge is 0.275 e. The molecule has 0 atom stereocenters. The van der Waals surface area contributed by atoms with Crippen LogP contribution < -0.4 is 25.1 Å². The molecule has 3 heterocycles. The van der Waals surface area contributed by atoms with Gasteiger partial charge >= 0.3 is 0 Å². The minimum atomic E-state index is -0.257. The van der Waals surface area contributed by atoms with E-state index in [1.807, 2.05) is 0 Å². The number of carbonyl (C=O) groups excluding carboxylic acids is 1. The second-order valence-electron chi connectivity index (χ2n) is 7.36. The van der Waals surface area contributed by atoms with E-state index in [9.17, 15) is 9.59 Å². The normalized spacial score (nSPS) is 12.2. The molecule has 0 saturated heterocycles. The maximum atomic E-state index is 12.5. The first-order valence-corrected chi connectivity index (χ1v) is 11.2. The number of fused-ring (bicyclic) bond motifs is 2. The zero-order valence-corrected chi connectivity index (χ0v) is 18.6. The van der Waals surface area contributed by atoms with Crippen LogP contribution in [-0.2, 0) is 13.0 Å². The van der Waals surface area contributed by atoms with Crippen molar-refractivity contribution in [3.8, 4) is 17.2 Å². The topological polar surface area (TPSA) is 104 Å². The van der Waals surface area contributed by atoms with Crippen molar-refractivity contribution in [2.75, 3.05) is 12.1 Å². The van der Waals surface area contributed by atoms with Gasteiger partial charge in [-0.3, -0.25) is 9.59 Å². The molecular weight excluding hydrogens is 444 g/mol. The summed E-state index contributed by atoms with van der Waals surface area (Å²) < 4.78 is 17.7. The summed E-state index contributed by atoms with van der Waals surface area (Å²) >= 11 is 1.41. The van der Waals surface area contributed by atoms with Gasteiger partial charge in [0.25, 0.3) is 11.5 Å². The molecule has 1 N–H and O–H groups in total. The number of hydrogen-bond acceptors (Lipinski definition) is 8. The van der Waals surface area contributed by atoms with E-state index in [2.05, 4.69) is 22.3 Å². The molecule has 33 heavy (non-hydrogen) atoms. The number of nitrogens with zero attached hydrogens (tertiary/aromatic N) is 3. The second-order valence-corrected chi connectivity index (χ2v) is 8.40. The van der Waals surface area contributed by atoms with Crippen LogP contribution in [0.2, 0.25) is 0 Å². The quantitative estimate of drug-likeness (QED) is 0.445. The van der Waals surface area contributed by atoms with Crippen LogP contribution in [0.3, 0.4) is 0 Å². The van der Waals surface area contributed by atoms with Crippen LogP contribution in [0.15, 0.2) is 53.3 Å². The molecule has 9 nitrogen and oxygen atoms in total. The number of hydrogen-bond donors (Lipinski definition) is 1. The highest BCUT2D eigenvalue weighted by Gasteiger charge is 2.16. The number of amides is 1. The predicted molar refractivity (Wildman–Crippen MR) is 122 cm³/mol. The van der Waals surface area contributed by atoms with Crippen molar-refractivity contribution in [2.45, 2.75) is 26.4 Å². The van der Waals surface area contributed by atoms with Crippen molar-refractivity contribution in [1.29, 1.82) is 0 Å². The zero-order chi connectivity index (χ0) is 22.8. The zero-order valence-electron chi connectivity index (χ0n) is 17.7. The Bertz CT molecular complexity index is 1380. The Morgan fingerprint density at radius 3 is 2.79 bits per heavy atom. The van der Waals surface area contributed by atoms with Crippen LogP contribution in [0.5, 0.6) is 17.2 Å². The third kappa shape index (κ3) is 4.51. The number of rotatable bonds is 7. The molecule has 1 aliphatic heterocycles. The SMILES string of the molecule is CCCc1nn2c(=O)cc(COc3ccc(NC(=O)c4ccc5c(c4)OCO5)cc3)nc2s1. The Morgan fingerprint density at radius 2 is 1.97 bits per heavy atom. The van der Waals surface area contributed by atoms with Gasteiger partial charge in [0, 0.05) is 23.7 Å². The Hall–Kier alpha value is -3.92. The number of benzene rings is 2. The molecule has 0 saturated carbocycles. The van der Waals surface area contributed by atoms with E-state index < -0.39 is 0 Å². The fraction of sp³-hybridized carbons (Fsp3) is 0.217. The van der Waals surface area contributed by atoms with Gasteiger partial charge in [0.05, 0.1) is 5.69 Å². The highest BCUT2D eigenvalue weighted by molar-refractivity contribution is 7.16. The summed E-state index contributed by atoms with van der Waals surface area (Å²) in [4.78, 5) is 29.9. The molecule has 10 heteroatoms. The maximum absolute atomic E-state index is 12.5. The highest BCUT2D eigenvalue weighted by Crippen LogP contribution is 2.32. The lowest BCUT2D eigenvalue weighted by Crippen LogP contribution is -2.16. The monoisotopic (exact) mass is 464 g/mol. The van der Waals surface area contributed by atoms with E-state index in [0.29, 0.717) is 39.2 Å². The molecule has 1 aliphatic rings. The molecule has 2 aromatic heterocycles. The first-order chi connectivity index (χ1) is 16.1. The first kappa shape index (κ1) is 21.0. The van der Waals surface area contributed by atoms with Gasteiger partial charge in [0.1, 0.15) is 17.4 Å². The van der Waals surface area contributed by atoms with E-state index in [4.69, 9.17) is 14.2 Å². The average Bonchev–Trinajstić information content (AvgIpc) is 3.45. The molecular formula is C23H20N4O5S. The second kappa shape index (κ2) is 8.91. The summed E-state index contributed by atoms with van der Waals surface area (Å²) in [6.45, 7) is 2.37. The fourth-order valence-corrected chi connectivity index (χ4v) is 4.34. The fourth-order valence-electron chi connectivity index (χ4n) is 3.32. The van der Waals surface area contributed by atoms with Crippen molar-refractivity contribution < 1.29 is 19.0 Å². The van der Waals surface area contributed by atoms with Gasteiger partial charge in [0.2, 0.25) is 11.8 Å². The van der Waals surface area contributed by atoms with Gasteiger partial charge < -0.3 is 19.5 Å². The Morgan fingerprint density at radius 1 is 1.15 bits per heavy atom. The van der Waals surface area contributed by atoms with Crippen LogP contribution >= 0.6 is 11.3 Å². The summed E-state index contributed by atoms with van der Waals surface area (Å²) in [7, 11) is 0. The summed E-state index contributed by atoms with van der Waals surface area (Å²) in [5, 5.41) is 8.03. The lowest BCUT2D eigenvalue weighted by molar-refractivity contribution is 0.102. The van der Waals surface area contributed by atoms with Crippen molar-refractivity contribution in [1.82, 2.24) is 14.6 Å². The van der Waals surface area contributed by atoms with Gasteiger partial charge in [-0.2, -0.15) is 9.61 Å². The first-order valence-electron chi connectivity index (χ1n) is 10.4. The van der Waals surface area contributed by atoms with E-state index in [1.54, 1.807) is 42.5 Å². The molecule has 0 aliphatic carbocycles. The molecule has 0 bridgehead atoms. The van der Waals surface area contributed by atoms with Crippen LogP contribution in [0, 0.1) is 0 Å². The third-order valence-corrected chi connectivity index (χ3v) is 5.91. The molecule has 5 rings (SSSR count). The molecule has 0 unspecified atom stereocenters. The molecule has 0 spiro atoms. The van der Waals surface area contributed by atoms with E-state index in [1.165, 1.54) is 21.9 Å². The summed E-state index contributed by atoms with van der Waals surface area (Å²) in [5.74, 6) is 1.51. The third-order valence-electron chi connectivity index (χ3n) is 4.94. The Labute approximate surface area is 192 Å². The number of aryl methyl sites for hydroxylation is 1.